The minimum Gasteiger partial charge on any atom is -0.493 e. The number of fused-ring (bicyclic) bond motifs is 5. The highest BCUT2D eigenvalue weighted by molar-refractivity contribution is 6.20. The summed E-state index contributed by atoms with van der Waals surface area (Å²) in [7, 11) is 6.57. The Balaban J connectivity index is 2.22. The molecule has 0 aliphatic heterocycles. The smallest absolute Gasteiger partial charge is 0.161 e. The molecule has 4 aromatic rings. The first-order chi connectivity index (χ1) is 13.1. The van der Waals surface area contributed by atoms with Crippen molar-refractivity contribution in [3.63, 3.8) is 0 Å². The van der Waals surface area contributed by atoms with Crippen molar-refractivity contribution in [2.45, 2.75) is 6.92 Å². The molecular weight excluding hydrogens is 342 g/mol. The summed E-state index contributed by atoms with van der Waals surface area (Å²) >= 11 is 0. The lowest BCUT2D eigenvalue weighted by atomic mass is 9.97. The predicted molar refractivity (Wildman–Crippen MR) is 108 cm³/mol. The van der Waals surface area contributed by atoms with E-state index in [1.807, 2.05) is 37.3 Å². The molecule has 0 unspecified atom stereocenters. The molecular formula is C22H21NO4. The zero-order valence-corrected chi connectivity index (χ0v) is 16.0. The molecule has 0 radical (unpaired) electrons. The van der Waals surface area contributed by atoms with E-state index in [-0.39, 0.29) is 0 Å². The van der Waals surface area contributed by atoms with Crippen LogP contribution in [0.5, 0.6) is 23.0 Å². The van der Waals surface area contributed by atoms with Gasteiger partial charge in [0.15, 0.2) is 23.0 Å². The van der Waals surface area contributed by atoms with Gasteiger partial charge in [-0.15, -0.1) is 0 Å². The Morgan fingerprint density at radius 3 is 1.74 bits per heavy atom. The quantitative estimate of drug-likeness (QED) is 0.484. The Kier molecular flexibility index (Phi) is 4.15. The van der Waals surface area contributed by atoms with Gasteiger partial charge >= 0.3 is 0 Å². The molecule has 5 heteroatoms. The zero-order chi connectivity index (χ0) is 19.1. The molecule has 0 atom stereocenters. The molecule has 4 rings (SSSR count). The maximum Gasteiger partial charge on any atom is 0.161 e. The lowest BCUT2D eigenvalue weighted by Crippen LogP contribution is -1.95. The first-order valence-electron chi connectivity index (χ1n) is 8.62. The van der Waals surface area contributed by atoms with Crippen molar-refractivity contribution in [2.24, 2.45) is 0 Å². The number of methoxy groups -OCH3 is 4. The van der Waals surface area contributed by atoms with Crippen LogP contribution in [0.3, 0.4) is 0 Å². The maximum atomic E-state index is 5.54. The second-order valence-electron chi connectivity index (χ2n) is 6.34. The van der Waals surface area contributed by atoms with Crippen molar-refractivity contribution >= 4 is 32.4 Å². The summed E-state index contributed by atoms with van der Waals surface area (Å²) in [5, 5.41) is 5.25. The third-order valence-corrected chi connectivity index (χ3v) is 4.97. The van der Waals surface area contributed by atoms with E-state index >= 15 is 0 Å². The number of ether oxygens (including phenoxy) is 4. The van der Waals surface area contributed by atoms with E-state index in [9.17, 15) is 0 Å². The maximum absolute atomic E-state index is 5.54. The molecule has 138 valence electrons. The normalized spacial score (nSPS) is 11.1. The number of hydrogen-bond acceptors (Lipinski definition) is 5. The summed E-state index contributed by atoms with van der Waals surface area (Å²) in [4.78, 5) is 4.81. The van der Waals surface area contributed by atoms with Crippen LogP contribution in [0.1, 0.15) is 5.69 Å². The Labute approximate surface area is 157 Å². The van der Waals surface area contributed by atoms with Gasteiger partial charge in [0.1, 0.15) is 0 Å². The highest BCUT2D eigenvalue weighted by atomic mass is 16.5. The summed E-state index contributed by atoms with van der Waals surface area (Å²) < 4.78 is 22.0. The van der Waals surface area contributed by atoms with E-state index < -0.39 is 0 Å². The Morgan fingerprint density at radius 2 is 1.15 bits per heavy atom. The van der Waals surface area contributed by atoms with E-state index in [4.69, 9.17) is 23.9 Å². The summed E-state index contributed by atoms with van der Waals surface area (Å²) in [6.45, 7) is 2.01. The van der Waals surface area contributed by atoms with Crippen molar-refractivity contribution in [3.8, 4) is 23.0 Å². The van der Waals surface area contributed by atoms with E-state index in [0.717, 1.165) is 38.1 Å². The number of aryl methyl sites for hydroxylation is 1. The minimum absolute atomic E-state index is 0.687. The van der Waals surface area contributed by atoms with Gasteiger partial charge < -0.3 is 18.9 Å². The molecule has 0 saturated heterocycles. The first kappa shape index (κ1) is 17.2. The highest BCUT2D eigenvalue weighted by Crippen LogP contribution is 2.41. The molecule has 5 nitrogen and oxygen atoms in total. The van der Waals surface area contributed by atoms with Gasteiger partial charge in [0.05, 0.1) is 34.0 Å². The fourth-order valence-electron chi connectivity index (χ4n) is 3.64. The molecule has 27 heavy (non-hydrogen) atoms. The molecule has 3 aromatic carbocycles. The van der Waals surface area contributed by atoms with Crippen LogP contribution in [0.4, 0.5) is 0 Å². The molecule has 0 saturated carbocycles. The average molecular weight is 363 g/mol. The molecule has 0 N–H and O–H groups in total. The fraction of sp³-hybridized carbons (Fsp3) is 0.227. The summed E-state index contributed by atoms with van der Waals surface area (Å²) in [6, 6.07) is 12.1. The largest absolute Gasteiger partial charge is 0.493 e. The van der Waals surface area contributed by atoms with Crippen molar-refractivity contribution < 1.29 is 18.9 Å². The molecule has 0 aliphatic rings. The zero-order valence-electron chi connectivity index (χ0n) is 16.0. The van der Waals surface area contributed by atoms with Crippen LogP contribution in [0.2, 0.25) is 0 Å². The van der Waals surface area contributed by atoms with Crippen molar-refractivity contribution in [3.05, 3.63) is 42.1 Å². The van der Waals surface area contributed by atoms with E-state index in [1.54, 1.807) is 28.4 Å². The Morgan fingerprint density at radius 1 is 0.630 bits per heavy atom. The number of hydrogen-bond donors (Lipinski definition) is 0. The Bertz CT molecular complexity index is 1180. The fourth-order valence-corrected chi connectivity index (χ4v) is 3.64. The Hall–Kier alpha value is -3.21. The monoisotopic (exact) mass is 363 g/mol. The van der Waals surface area contributed by atoms with Gasteiger partial charge in [-0.05, 0) is 53.4 Å². The first-order valence-corrected chi connectivity index (χ1v) is 8.62. The number of rotatable bonds is 4. The lowest BCUT2D eigenvalue weighted by molar-refractivity contribution is 0.356. The molecule has 0 amide bonds. The third-order valence-electron chi connectivity index (χ3n) is 4.97. The second-order valence-corrected chi connectivity index (χ2v) is 6.34. The molecule has 1 heterocycles. The van der Waals surface area contributed by atoms with Gasteiger partial charge in [0.25, 0.3) is 0 Å². The van der Waals surface area contributed by atoms with Gasteiger partial charge in [0.2, 0.25) is 0 Å². The van der Waals surface area contributed by atoms with Crippen molar-refractivity contribution in [1.29, 1.82) is 0 Å². The van der Waals surface area contributed by atoms with Crippen molar-refractivity contribution in [2.75, 3.05) is 28.4 Å². The summed E-state index contributed by atoms with van der Waals surface area (Å²) in [5.41, 5.74) is 1.87. The van der Waals surface area contributed by atoms with Crippen molar-refractivity contribution in [1.82, 2.24) is 4.98 Å². The molecule has 0 aliphatic carbocycles. The van der Waals surface area contributed by atoms with Crippen LogP contribution < -0.4 is 18.9 Å². The van der Waals surface area contributed by atoms with Crippen LogP contribution in [0.25, 0.3) is 32.4 Å². The van der Waals surface area contributed by atoms with Gasteiger partial charge in [-0.1, -0.05) is 6.07 Å². The van der Waals surface area contributed by atoms with Crippen LogP contribution in [0.15, 0.2) is 36.4 Å². The lowest BCUT2D eigenvalue weighted by Gasteiger charge is -2.15. The third kappa shape index (κ3) is 2.58. The summed E-state index contributed by atoms with van der Waals surface area (Å²) in [6.07, 6.45) is 0. The second kappa shape index (κ2) is 6.50. The molecule has 0 spiro atoms. The number of aromatic nitrogens is 1. The highest BCUT2D eigenvalue weighted by Gasteiger charge is 2.15. The predicted octanol–water partition coefficient (Wildman–Crippen LogP) is 4.88. The van der Waals surface area contributed by atoms with E-state index in [2.05, 4.69) is 6.07 Å². The van der Waals surface area contributed by atoms with Gasteiger partial charge in [0, 0.05) is 16.5 Å². The van der Waals surface area contributed by atoms with E-state index in [0.29, 0.717) is 23.0 Å². The number of pyridine rings is 1. The summed E-state index contributed by atoms with van der Waals surface area (Å²) in [5.74, 6) is 2.77. The van der Waals surface area contributed by atoms with Gasteiger partial charge in [-0.3, -0.25) is 4.98 Å². The molecule has 0 fully saturated rings. The average Bonchev–Trinajstić information content (AvgIpc) is 2.71. The minimum atomic E-state index is 0.687. The van der Waals surface area contributed by atoms with E-state index in [1.165, 1.54) is 0 Å². The van der Waals surface area contributed by atoms with Crippen LogP contribution in [0, 0.1) is 6.92 Å². The van der Waals surface area contributed by atoms with Gasteiger partial charge in [-0.25, -0.2) is 0 Å². The molecule has 1 aromatic heterocycles. The molecule has 0 bridgehead atoms. The van der Waals surface area contributed by atoms with Crippen LogP contribution in [-0.4, -0.2) is 33.4 Å². The van der Waals surface area contributed by atoms with Gasteiger partial charge in [-0.2, -0.15) is 0 Å². The number of benzene rings is 3. The van der Waals surface area contributed by atoms with Crippen LogP contribution in [-0.2, 0) is 0 Å². The SMILES string of the molecule is COc1cc2ccc3nc(C)c4cc(OC)c(OC)cc4c3c2cc1OC. The number of nitrogens with zero attached hydrogens (tertiary/aromatic N) is 1. The van der Waals surface area contributed by atoms with Crippen LogP contribution >= 0.6 is 0 Å². The topological polar surface area (TPSA) is 49.8 Å². The standard InChI is InChI=1S/C22H21NO4/c1-12-14-9-19(25-3)21(27-5)11-16(14)22-15-10-20(26-4)18(24-2)8-13(15)6-7-17(22)23-12/h6-11H,1-5H3.